The first-order valence-electron chi connectivity index (χ1n) is 5.58. The third-order valence-electron chi connectivity index (χ3n) is 2.54. The molecule has 0 spiro atoms. The fraction of sp³-hybridized carbons (Fsp3) is 0.143. The number of rotatable bonds is 3. The molecule has 1 N–H and O–H groups in total. The van der Waals surface area contributed by atoms with Crippen molar-refractivity contribution in [3.63, 3.8) is 0 Å². The van der Waals surface area contributed by atoms with Gasteiger partial charge in [-0.05, 0) is 58.7 Å². The van der Waals surface area contributed by atoms with Crippen molar-refractivity contribution in [1.82, 2.24) is 0 Å². The second-order valence-electron chi connectivity index (χ2n) is 4.04. The van der Waals surface area contributed by atoms with Crippen molar-refractivity contribution in [1.29, 1.82) is 0 Å². The third-order valence-corrected chi connectivity index (χ3v) is 4.34. The predicted molar refractivity (Wildman–Crippen MR) is 86.7 cm³/mol. The molecule has 2 nitrogen and oxygen atoms in total. The van der Waals surface area contributed by atoms with Crippen LogP contribution >= 0.6 is 47.8 Å². The topological polar surface area (TPSA) is 29.5 Å². The van der Waals surface area contributed by atoms with Crippen LogP contribution < -0.4 is 4.74 Å². The van der Waals surface area contributed by atoms with Crippen LogP contribution in [-0.2, 0) is 0 Å². The molecule has 0 bridgehead atoms. The molecule has 0 aliphatic rings. The molecule has 2 rings (SSSR count). The lowest BCUT2D eigenvalue weighted by atomic mass is 10.1. The van der Waals surface area contributed by atoms with Crippen LogP contribution in [-0.4, -0.2) is 5.11 Å². The molecule has 0 fully saturated rings. The molecular weight excluding hydrogens is 440 g/mol. The van der Waals surface area contributed by atoms with Crippen LogP contribution in [0.4, 0.5) is 0 Å². The summed E-state index contributed by atoms with van der Waals surface area (Å²) in [4.78, 5) is 0. The largest absolute Gasteiger partial charge is 0.456 e. The van der Waals surface area contributed by atoms with Gasteiger partial charge in [0.1, 0.15) is 11.5 Å². The van der Waals surface area contributed by atoms with Gasteiger partial charge in [-0.1, -0.05) is 37.9 Å². The molecule has 0 amide bonds. The molecule has 19 heavy (non-hydrogen) atoms. The van der Waals surface area contributed by atoms with E-state index in [4.69, 9.17) is 4.74 Å². The average Bonchev–Trinajstić information content (AvgIpc) is 2.32. The highest BCUT2D eigenvalue weighted by atomic mass is 79.9. The summed E-state index contributed by atoms with van der Waals surface area (Å²) >= 11 is 10.3. The molecule has 2 aromatic rings. The number of hydrogen-bond acceptors (Lipinski definition) is 2. The van der Waals surface area contributed by atoms with Gasteiger partial charge in [0.2, 0.25) is 0 Å². The van der Waals surface area contributed by atoms with Crippen molar-refractivity contribution in [2.24, 2.45) is 0 Å². The summed E-state index contributed by atoms with van der Waals surface area (Å²) in [5.41, 5.74) is 0.835. The number of benzene rings is 2. The summed E-state index contributed by atoms with van der Waals surface area (Å²) in [7, 11) is 0. The van der Waals surface area contributed by atoms with Crippen molar-refractivity contribution in [3.8, 4) is 11.5 Å². The Morgan fingerprint density at radius 1 is 1.00 bits per heavy atom. The fourth-order valence-electron chi connectivity index (χ4n) is 1.60. The maximum Gasteiger partial charge on any atom is 0.141 e. The van der Waals surface area contributed by atoms with Crippen molar-refractivity contribution in [2.45, 2.75) is 13.0 Å². The van der Waals surface area contributed by atoms with Crippen LogP contribution in [0.3, 0.4) is 0 Å². The molecule has 0 aliphatic carbocycles. The van der Waals surface area contributed by atoms with Crippen molar-refractivity contribution in [3.05, 3.63) is 55.4 Å². The van der Waals surface area contributed by atoms with Gasteiger partial charge in [-0.25, -0.2) is 0 Å². The van der Waals surface area contributed by atoms with Crippen LogP contribution in [0.5, 0.6) is 11.5 Å². The second kappa shape index (κ2) is 6.39. The minimum atomic E-state index is -0.511. The summed E-state index contributed by atoms with van der Waals surface area (Å²) in [6.07, 6.45) is -0.511. The van der Waals surface area contributed by atoms with Gasteiger partial charge in [0.15, 0.2) is 0 Å². The Morgan fingerprint density at radius 2 is 1.74 bits per heavy atom. The summed E-state index contributed by atoms with van der Waals surface area (Å²) in [5, 5.41) is 9.58. The quantitative estimate of drug-likeness (QED) is 0.638. The lowest BCUT2D eigenvalue weighted by Gasteiger charge is -2.11. The number of halogens is 3. The van der Waals surface area contributed by atoms with Gasteiger partial charge < -0.3 is 9.84 Å². The Kier molecular flexibility index (Phi) is 5.06. The number of aliphatic hydroxyl groups excluding tert-OH is 1. The van der Waals surface area contributed by atoms with E-state index in [0.717, 1.165) is 24.7 Å². The fourth-order valence-corrected chi connectivity index (χ4v) is 3.41. The minimum Gasteiger partial charge on any atom is -0.456 e. The predicted octanol–water partition coefficient (Wildman–Crippen LogP) is 5.82. The van der Waals surface area contributed by atoms with Gasteiger partial charge in [0.25, 0.3) is 0 Å². The normalized spacial score (nSPS) is 12.3. The Balaban J connectivity index is 2.26. The molecule has 0 aliphatic heterocycles. The van der Waals surface area contributed by atoms with Crippen molar-refractivity contribution < 1.29 is 9.84 Å². The number of ether oxygens (including phenoxy) is 1. The van der Waals surface area contributed by atoms with Crippen molar-refractivity contribution in [2.75, 3.05) is 0 Å². The van der Waals surface area contributed by atoms with Crippen molar-refractivity contribution >= 4 is 47.8 Å². The Morgan fingerprint density at radius 3 is 2.32 bits per heavy atom. The van der Waals surface area contributed by atoms with Crippen LogP contribution in [0.1, 0.15) is 18.6 Å². The molecule has 0 heterocycles. The zero-order valence-electron chi connectivity index (χ0n) is 10.0. The maximum atomic E-state index is 9.58. The highest BCUT2D eigenvalue weighted by molar-refractivity contribution is 9.11. The van der Waals surface area contributed by atoms with Gasteiger partial charge in [-0.15, -0.1) is 0 Å². The maximum absolute atomic E-state index is 9.58. The summed E-state index contributed by atoms with van der Waals surface area (Å²) in [5.74, 6) is 1.44. The Bertz CT molecular complexity index is 597. The molecule has 5 heteroatoms. The van der Waals surface area contributed by atoms with E-state index >= 15 is 0 Å². The highest BCUT2D eigenvalue weighted by Crippen LogP contribution is 2.34. The zero-order chi connectivity index (χ0) is 14.0. The lowest BCUT2D eigenvalue weighted by Crippen LogP contribution is -1.93. The summed E-state index contributed by atoms with van der Waals surface area (Å²) in [6, 6.07) is 11.2. The third kappa shape index (κ3) is 3.81. The Hall–Kier alpha value is -0.360. The van der Waals surface area contributed by atoms with Gasteiger partial charge >= 0.3 is 0 Å². The number of aliphatic hydroxyl groups is 1. The molecule has 100 valence electrons. The number of hydrogen-bond donors (Lipinski definition) is 1. The van der Waals surface area contributed by atoms with Crippen LogP contribution in [0.25, 0.3) is 0 Å². The molecule has 0 radical (unpaired) electrons. The average molecular weight is 451 g/mol. The summed E-state index contributed by atoms with van der Waals surface area (Å²) in [6.45, 7) is 1.73. The van der Waals surface area contributed by atoms with E-state index in [1.165, 1.54) is 0 Å². The molecule has 1 atom stereocenters. The van der Waals surface area contributed by atoms with Gasteiger partial charge in [-0.2, -0.15) is 0 Å². The van der Waals surface area contributed by atoms with E-state index < -0.39 is 6.10 Å². The molecular formula is C14H11Br3O2. The van der Waals surface area contributed by atoms with Crippen LogP contribution in [0.2, 0.25) is 0 Å². The standard InChI is InChI=1S/C14H11Br3O2/c1-8(18)11-4-3-10(7-12(11)16)19-14-5-2-9(15)6-13(14)17/h2-8,18H,1H3/t8-/m0/s1. The second-order valence-corrected chi connectivity index (χ2v) is 6.66. The van der Waals surface area contributed by atoms with Crippen LogP contribution in [0, 0.1) is 0 Å². The summed E-state index contributed by atoms with van der Waals surface area (Å²) < 4.78 is 8.48. The molecule has 0 aromatic heterocycles. The first-order chi connectivity index (χ1) is 8.97. The van der Waals surface area contributed by atoms with E-state index in [1.807, 2.05) is 36.4 Å². The van der Waals surface area contributed by atoms with E-state index in [2.05, 4.69) is 47.8 Å². The van der Waals surface area contributed by atoms with Crippen LogP contribution in [0.15, 0.2) is 49.8 Å². The molecule has 0 unspecified atom stereocenters. The van der Waals surface area contributed by atoms with E-state index in [9.17, 15) is 5.11 Å². The first kappa shape index (κ1) is 15.0. The zero-order valence-corrected chi connectivity index (χ0v) is 14.8. The monoisotopic (exact) mass is 448 g/mol. The van der Waals surface area contributed by atoms with E-state index in [1.54, 1.807) is 6.92 Å². The molecule has 0 saturated heterocycles. The SMILES string of the molecule is C[C@H](O)c1ccc(Oc2ccc(Br)cc2Br)cc1Br. The van der Waals surface area contributed by atoms with E-state index in [0.29, 0.717) is 5.75 Å². The van der Waals surface area contributed by atoms with Gasteiger partial charge in [0, 0.05) is 8.95 Å². The molecule has 2 aromatic carbocycles. The highest BCUT2D eigenvalue weighted by Gasteiger charge is 2.09. The Labute approximate surface area is 137 Å². The van der Waals surface area contributed by atoms with E-state index in [-0.39, 0.29) is 0 Å². The first-order valence-corrected chi connectivity index (χ1v) is 7.95. The van der Waals surface area contributed by atoms with Gasteiger partial charge in [0.05, 0.1) is 10.6 Å². The minimum absolute atomic E-state index is 0.511. The van der Waals surface area contributed by atoms with Gasteiger partial charge in [-0.3, -0.25) is 0 Å². The smallest absolute Gasteiger partial charge is 0.141 e. The molecule has 0 saturated carbocycles. The lowest BCUT2D eigenvalue weighted by molar-refractivity contribution is 0.198.